The topological polar surface area (TPSA) is 90.1 Å². The Bertz CT molecular complexity index is 689. The number of anilines is 1. The number of carbonyl (C=O) groups is 1. The Kier molecular flexibility index (Phi) is 2.09. The van der Waals surface area contributed by atoms with Crippen molar-refractivity contribution in [3.8, 4) is 0 Å². The molecule has 1 aromatic heterocycles. The summed E-state index contributed by atoms with van der Waals surface area (Å²) in [5.74, 6) is 0.539. The van der Waals surface area contributed by atoms with Gasteiger partial charge in [-0.1, -0.05) is 0 Å². The number of nitrogens with one attached hydrogen (secondary N) is 1. The number of benzene rings is 1. The summed E-state index contributed by atoms with van der Waals surface area (Å²) in [6, 6.07) is 2.98. The maximum absolute atomic E-state index is 11.6. The molecule has 3 rings (SSSR count). The van der Waals surface area contributed by atoms with Crippen LogP contribution < -0.4 is 5.32 Å². The van der Waals surface area contributed by atoms with Crippen molar-refractivity contribution in [3.05, 3.63) is 28.1 Å². The lowest BCUT2D eigenvalue weighted by Gasteiger charge is -2.04. The third-order valence-corrected chi connectivity index (χ3v) is 3.10. The Morgan fingerprint density at radius 3 is 3.00 bits per heavy atom. The third-order valence-electron chi connectivity index (χ3n) is 3.10. The van der Waals surface area contributed by atoms with E-state index in [0.717, 1.165) is 5.82 Å². The van der Waals surface area contributed by atoms with E-state index >= 15 is 0 Å². The van der Waals surface area contributed by atoms with E-state index in [1.807, 2.05) is 11.5 Å². The van der Waals surface area contributed by atoms with Crippen molar-refractivity contribution in [2.45, 2.75) is 19.9 Å². The number of amides is 1. The van der Waals surface area contributed by atoms with Crippen molar-refractivity contribution < 1.29 is 9.72 Å². The molecule has 1 N–H and O–H groups in total. The van der Waals surface area contributed by atoms with Gasteiger partial charge in [0, 0.05) is 19.0 Å². The smallest absolute Gasteiger partial charge is 0.295 e. The molecule has 0 spiro atoms. The molecule has 0 radical (unpaired) electrons. The first kappa shape index (κ1) is 10.7. The summed E-state index contributed by atoms with van der Waals surface area (Å²) in [4.78, 5) is 26.5. The highest BCUT2D eigenvalue weighted by atomic mass is 16.6. The number of aromatic nitrogens is 2. The van der Waals surface area contributed by atoms with Crippen LogP contribution in [-0.4, -0.2) is 20.4 Å². The summed E-state index contributed by atoms with van der Waals surface area (Å²) in [5.41, 5.74) is 1.45. The van der Waals surface area contributed by atoms with Crippen LogP contribution >= 0.6 is 0 Å². The van der Waals surface area contributed by atoms with Gasteiger partial charge in [-0.3, -0.25) is 14.9 Å². The fraction of sp³-hybridized carbons (Fsp3) is 0.273. The predicted molar refractivity (Wildman–Crippen MR) is 64.4 cm³/mol. The third kappa shape index (κ3) is 1.37. The minimum Gasteiger partial charge on any atom is -0.326 e. The van der Waals surface area contributed by atoms with Crippen molar-refractivity contribution in [3.63, 3.8) is 0 Å². The highest BCUT2D eigenvalue weighted by Crippen LogP contribution is 2.35. The van der Waals surface area contributed by atoms with Crippen LogP contribution in [0.15, 0.2) is 12.1 Å². The van der Waals surface area contributed by atoms with Gasteiger partial charge in [0.15, 0.2) is 0 Å². The second-order valence-electron chi connectivity index (χ2n) is 4.19. The molecular weight excluding hydrogens is 236 g/mol. The lowest BCUT2D eigenvalue weighted by atomic mass is 10.2. The molecule has 1 aliphatic rings. The van der Waals surface area contributed by atoms with Crippen molar-refractivity contribution in [1.29, 1.82) is 0 Å². The number of hydrogen-bond donors (Lipinski definition) is 1. The molecule has 0 saturated heterocycles. The van der Waals surface area contributed by atoms with E-state index in [2.05, 4.69) is 10.3 Å². The van der Waals surface area contributed by atoms with E-state index in [0.29, 0.717) is 17.6 Å². The van der Waals surface area contributed by atoms with Gasteiger partial charge in [0.2, 0.25) is 5.91 Å². The Balaban J connectivity index is 2.42. The van der Waals surface area contributed by atoms with E-state index in [9.17, 15) is 14.9 Å². The van der Waals surface area contributed by atoms with Gasteiger partial charge >= 0.3 is 0 Å². The van der Waals surface area contributed by atoms with Gasteiger partial charge in [0.25, 0.3) is 5.69 Å². The van der Waals surface area contributed by atoms with Gasteiger partial charge in [-0.25, -0.2) is 4.98 Å². The zero-order valence-corrected chi connectivity index (χ0v) is 9.64. The van der Waals surface area contributed by atoms with Crippen LogP contribution in [-0.2, 0) is 11.3 Å². The zero-order chi connectivity index (χ0) is 12.9. The minimum absolute atomic E-state index is 0.0982. The summed E-state index contributed by atoms with van der Waals surface area (Å²) >= 11 is 0. The van der Waals surface area contributed by atoms with Crippen molar-refractivity contribution >= 4 is 28.3 Å². The molecule has 1 amide bonds. The predicted octanol–water partition coefficient (Wildman–Crippen LogP) is 1.60. The normalized spacial score (nSPS) is 14.4. The van der Waals surface area contributed by atoms with Crippen molar-refractivity contribution in [2.75, 3.05) is 5.32 Å². The Morgan fingerprint density at radius 1 is 1.50 bits per heavy atom. The molecule has 1 aromatic carbocycles. The van der Waals surface area contributed by atoms with Gasteiger partial charge in [-0.15, -0.1) is 0 Å². The molecule has 92 valence electrons. The van der Waals surface area contributed by atoms with Crippen LogP contribution in [0, 0.1) is 17.0 Å². The number of aryl methyl sites for hydroxylation is 2. The van der Waals surface area contributed by atoms with E-state index in [-0.39, 0.29) is 23.7 Å². The fourth-order valence-electron chi connectivity index (χ4n) is 2.29. The van der Waals surface area contributed by atoms with E-state index < -0.39 is 4.92 Å². The molecular formula is C11H10N4O3. The lowest BCUT2D eigenvalue weighted by molar-refractivity contribution is -0.383. The van der Waals surface area contributed by atoms with Gasteiger partial charge in [0.1, 0.15) is 11.5 Å². The van der Waals surface area contributed by atoms with Crippen LogP contribution in [0.3, 0.4) is 0 Å². The molecule has 18 heavy (non-hydrogen) atoms. The van der Waals surface area contributed by atoms with Crippen molar-refractivity contribution in [1.82, 2.24) is 9.55 Å². The van der Waals surface area contributed by atoms with Crippen molar-refractivity contribution in [2.24, 2.45) is 0 Å². The first-order chi connectivity index (χ1) is 8.58. The Morgan fingerprint density at radius 2 is 2.28 bits per heavy atom. The standard InChI is InChI=1S/C11H10N4O3/c1-6-12-7-2-3-8(15(17)18)10-11(7)14(6)5-4-9(16)13-10/h2-3H,4-5H2,1H3,(H,13,16). The minimum atomic E-state index is -0.493. The van der Waals surface area contributed by atoms with Gasteiger partial charge in [-0.05, 0) is 13.0 Å². The molecule has 0 saturated carbocycles. The number of rotatable bonds is 1. The van der Waals surface area contributed by atoms with Gasteiger partial charge in [0.05, 0.1) is 16.0 Å². The second kappa shape index (κ2) is 3.52. The van der Waals surface area contributed by atoms with Crippen LogP contribution in [0.5, 0.6) is 0 Å². The lowest BCUT2D eigenvalue weighted by Crippen LogP contribution is -2.12. The first-order valence-corrected chi connectivity index (χ1v) is 5.52. The van der Waals surface area contributed by atoms with E-state index in [4.69, 9.17) is 0 Å². The maximum atomic E-state index is 11.6. The van der Waals surface area contributed by atoms with Gasteiger partial charge in [-0.2, -0.15) is 0 Å². The highest BCUT2D eigenvalue weighted by Gasteiger charge is 2.25. The summed E-state index contributed by atoms with van der Waals surface area (Å²) in [6.07, 6.45) is 0.290. The molecule has 0 aliphatic carbocycles. The molecule has 2 heterocycles. The quantitative estimate of drug-likeness (QED) is 0.611. The molecule has 0 fully saturated rings. The molecule has 0 bridgehead atoms. The van der Waals surface area contributed by atoms with Crippen LogP contribution in [0.4, 0.5) is 11.4 Å². The summed E-state index contributed by atoms with van der Waals surface area (Å²) in [5, 5.41) is 13.6. The maximum Gasteiger partial charge on any atom is 0.295 e. The number of nitro groups is 1. The number of nitrogens with zero attached hydrogens (tertiary/aromatic N) is 3. The molecule has 0 atom stereocenters. The fourth-order valence-corrected chi connectivity index (χ4v) is 2.29. The van der Waals surface area contributed by atoms with Crippen LogP contribution in [0.1, 0.15) is 12.2 Å². The molecule has 7 heteroatoms. The van der Waals surface area contributed by atoms with Crippen LogP contribution in [0.2, 0.25) is 0 Å². The van der Waals surface area contributed by atoms with E-state index in [1.54, 1.807) is 6.07 Å². The van der Waals surface area contributed by atoms with E-state index in [1.165, 1.54) is 6.07 Å². The first-order valence-electron chi connectivity index (χ1n) is 5.52. The van der Waals surface area contributed by atoms with Crippen LogP contribution in [0.25, 0.3) is 11.0 Å². The number of hydrogen-bond acceptors (Lipinski definition) is 4. The average molecular weight is 246 g/mol. The largest absolute Gasteiger partial charge is 0.326 e. The van der Waals surface area contributed by atoms with Gasteiger partial charge < -0.3 is 9.88 Å². The SMILES string of the molecule is Cc1nc2ccc([N+](=O)[O-])c3c2n1CCC(=O)N3. The number of nitro benzene ring substituents is 1. The summed E-state index contributed by atoms with van der Waals surface area (Å²) < 4.78 is 1.84. The average Bonchev–Trinajstić information content (AvgIpc) is 2.50. The number of carbonyl (C=O) groups excluding carboxylic acids is 1. The Labute approximate surface area is 102 Å². The zero-order valence-electron chi connectivity index (χ0n) is 9.64. The molecule has 2 aromatic rings. The Hall–Kier alpha value is -2.44. The molecule has 7 nitrogen and oxygen atoms in total. The molecule has 0 unspecified atom stereocenters. The highest BCUT2D eigenvalue weighted by molar-refractivity contribution is 6.04. The summed E-state index contributed by atoms with van der Waals surface area (Å²) in [7, 11) is 0. The second-order valence-corrected chi connectivity index (χ2v) is 4.19. The summed E-state index contributed by atoms with van der Waals surface area (Å²) in [6.45, 7) is 2.31. The number of imidazole rings is 1. The molecule has 1 aliphatic heterocycles. The monoisotopic (exact) mass is 246 g/mol.